The highest BCUT2D eigenvalue weighted by atomic mass is 35.5. The molecule has 44 heavy (non-hydrogen) atoms. The lowest BCUT2D eigenvalue weighted by Gasteiger charge is -2.33. The van der Waals surface area contributed by atoms with Crippen molar-refractivity contribution in [3.63, 3.8) is 0 Å². The second kappa shape index (κ2) is 16.7. The van der Waals surface area contributed by atoms with Gasteiger partial charge in [0.05, 0.1) is 28.6 Å². The van der Waals surface area contributed by atoms with Crippen LogP contribution in [0, 0.1) is 0 Å². The molecule has 2 atom stereocenters. The van der Waals surface area contributed by atoms with Gasteiger partial charge in [-0.3, -0.25) is 13.9 Å². The van der Waals surface area contributed by atoms with E-state index in [0.29, 0.717) is 40.1 Å². The molecule has 1 N–H and O–H groups in total. The maximum Gasteiger partial charge on any atom is 0.243 e. The van der Waals surface area contributed by atoms with Crippen LogP contribution in [0.1, 0.15) is 51.2 Å². The first-order valence-electron chi connectivity index (χ1n) is 14.7. The lowest BCUT2D eigenvalue weighted by molar-refractivity contribution is -0.141. The second-order valence-corrected chi connectivity index (χ2v) is 13.4. The van der Waals surface area contributed by atoms with Gasteiger partial charge in [0.15, 0.2) is 0 Å². The predicted octanol–water partition coefficient (Wildman–Crippen LogP) is 6.49. The zero-order valence-corrected chi connectivity index (χ0v) is 28.0. The summed E-state index contributed by atoms with van der Waals surface area (Å²) < 4.78 is 32.2. The summed E-state index contributed by atoms with van der Waals surface area (Å²) >= 11 is 12.4. The number of carbonyl (C=O) groups excluding carboxylic acids is 2. The van der Waals surface area contributed by atoms with Gasteiger partial charge in [-0.15, -0.1) is 0 Å². The largest absolute Gasteiger partial charge is 0.494 e. The summed E-state index contributed by atoms with van der Waals surface area (Å²) in [5, 5.41) is 3.78. The minimum absolute atomic E-state index is 0.0201. The second-order valence-electron chi connectivity index (χ2n) is 10.7. The Morgan fingerprint density at radius 2 is 1.61 bits per heavy atom. The molecule has 238 valence electrons. The summed E-state index contributed by atoms with van der Waals surface area (Å²) in [5.41, 5.74) is 2.10. The van der Waals surface area contributed by atoms with Crippen LogP contribution in [0.5, 0.6) is 5.75 Å². The normalized spacial score (nSPS) is 12.7. The molecule has 11 heteroatoms. The molecule has 0 aliphatic heterocycles. The number of hydrogen-bond donors (Lipinski definition) is 1. The molecule has 0 aliphatic rings. The van der Waals surface area contributed by atoms with Gasteiger partial charge >= 0.3 is 0 Å². The van der Waals surface area contributed by atoms with Crippen molar-refractivity contribution in [2.75, 3.05) is 23.7 Å². The SMILES string of the molecule is CCOc1ccc(N(CCCC(=O)N(Cc2ccc(Cl)c(Cl)c2)C(Cc2ccccc2)C(=O)NC(C)CC)S(C)(=O)=O)cc1. The van der Waals surface area contributed by atoms with E-state index in [-0.39, 0.29) is 43.8 Å². The van der Waals surface area contributed by atoms with Gasteiger partial charge < -0.3 is 15.0 Å². The van der Waals surface area contributed by atoms with E-state index in [0.717, 1.165) is 18.2 Å². The Bertz CT molecular complexity index is 1490. The Morgan fingerprint density at radius 1 is 0.932 bits per heavy atom. The quantitative estimate of drug-likeness (QED) is 0.189. The van der Waals surface area contributed by atoms with Gasteiger partial charge in [0.25, 0.3) is 0 Å². The van der Waals surface area contributed by atoms with Crippen molar-refractivity contribution in [1.82, 2.24) is 10.2 Å². The highest BCUT2D eigenvalue weighted by molar-refractivity contribution is 7.92. The molecule has 0 fully saturated rings. The molecule has 0 saturated carbocycles. The van der Waals surface area contributed by atoms with Crippen LogP contribution in [0.4, 0.5) is 5.69 Å². The maximum absolute atomic E-state index is 14.0. The lowest BCUT2D eigenvalue weighted by Crippen LogP contribution is -2.52. The van der Waals surface area contributed by atoms with Crippen LogP contribution in [0.25, 0.3) is 0 Å². The fourth-order valence-electron chi connectivity index (χ4n) is 4.71. The molecule has 0 aliphatic carbocycles. The Kier molecular flexibility index (Phi) is 13.4. The first-order chi connectivity index (χ1) is 20.9. The van der Waals surface area contributed by atoms with Crippen LogP contribution in [-0.4, -0.2) is 56.6 Å². The summed E-state index contributed by atoms with van der Waals surface area (Å²) in [6, 6.07) is 20.5. The number of sulfonamides is 1. The zero-order chi connectivity index (χ0) is 32.3. The number of benzene rings is 3. The van der Waals surface area contributed by atoms with E-state index in [4.69, 9.17) is 27.9 Å². The monoisotopic (exact) mass is 661 g/mol. The summed E-state index contributed by atoms with van der Waals surface area (Å²) in [6.45, 7) is 6.47. The number of nitrogens with one attached hydrogen (secondary N) is 1. The molecule has 0 heterocycles. The predicted molar refractivity (Wildman–Crippen MR) is 178 cm³/mol. The van der Waals surface area contributed by atoms with E-state index >= 15 is 0 Å². The van der Waals surface area contributed by atoms with Crippen molar-refractivity contribution in [3.8, 4) is 5.75 Å². The van der Waals surface area contributed by atoms with Crippen LogP contribution >= 0.6 is 23.2 Å². The molecule has 0 spiro atoms. The topological polar surface area (TPSA) is 96.0 Å². The van der Waals surface area contributed by atoms with Crippen LogP contribution in [0.3, 0.4) is 0 Å². The minimum atomic E-state index is -3.63. The molecule has 2 unspecified atom stereocenters. The Balaban J connectivity index is 1.89. The van der Waals surface area contributed by atoms with Gasteiger partial charge in [-0.1, -0.05) is 66.5 Å². The molecule has 0 bridgehead atoms. The average Bonchev–Trinajstić information content (AvgIpc) is 2.99. The molecule has 3 rings (SSSR count). The molecule has 0 saturated heterocycles. The Morgan fingerprint density at radius 3 is 2.20 bits per heavy atom. The van der Waals surface area contributed by atoms with Gasteiger partial charge in [0.2, 0.25) is 21.8 Å². The third-order valence-electron chi connectivity index (χ3n) is 7.20. The third-order valence-corrected chi connectivity index (χ3v) is 9.13. The summed E-state index contributed by atoms with van der Waals surface area (Å²) in [4.78, 5) is 29.2. The molecule has 3 aromatic carbocycles. The smallest absolute Gasteiger partial charge is 0.243 e. The molecule has 8 nitrogen and oxygen atoms in total. The highest BCUT2D eigenvalue weighted by Crippen LogP contribution is 2.26. The number of halogens is 2. The number of nitrogens with zero attached hydrogens (tertiary/aromatic N) is 2. The number of amides is 2. The van der Waals surface area contributed by atoms with Crippen LogP contribution < -0.4 is 14.4 Å². The van der Waals surface area contributed by atoms with Gasteiger partial charge in [-0.2, -0.15) is 0 Å². The third kappa shape index (κ3) is 10.4. The number of ether oxygens (including phenoxy) is 1. The number of anilines is 1. The van der Waals surface area contributed by atoms with Crippen molar-refractivity contribution in [2.45, 2.75) is 65.1 Å². The van der Waals surface area contributed by atoms with Crippen molar-refractivity contribution >= 4 is 50.7 Å². The van der Waals surface area contributed by atoms with Gasteiger partial charge in [-0.25, -0.2) is 8.42 Å². The molecule has 0 radical (unpaired) electrons. The van der Waals surface area contributed by atoms with Gasteiger partial charge in [-0.05, 0) is 74.2 Å². The van der Waals surface area contributed by atoms with Crippen LogP contribution in [-0.2, 0) is 32.6 Å². The number of carbonyl (C=O) groups is 2. The van der Waals surface area contributed by atoms with E-state index in [1.807, 2.05) is 51.1 Å². The first-order valence-corrected chi connectivity index (χ1v) is 17.3. The van der Waals surface area contributed by atoms with Gasteiger partial charge in [0, 0.05) is 32.0 Å². The van der Waals surface area contributed by atoms with Gasteiger partial charge in [0.1, 0.15) is 11.8 Å². The Labute approximate surface area is 271 Å². The maximum atomic E-state index is 14.0. The molecular formula is C33H41Cl2N3O5S. The molecular weight excluding hydrogens is 621 g/mol. The molecule has 0 aromatic heterocycles. The fourth-order valence-corrected chi connectivity index (χ4v) is 6.00. The number of rotatable bonds is 16. The van der Waals surface area contributed by atoms with Crippen LogP contribution in [0.2, 0.25) is 10.0 Å². The number of hydrogen-bond acceptors (Lipinski definition) is 5. The summed E-state index contributed by atoms with van der Waals surface area (Å²) in [7, 11) is -3.63. The molecule has 3 aromatic rings. The highest BCUT2D eigenvalue weighted by Gasteiger charge is 2.31. The first kappa shape index (κ1) is 35.2. The molecule has 2 amide bonds. The van der Waals surface area contributed by atoms with E-state index < -0.39 is 16.1 Å². The summed E-state index contributed by atoms with van der Waals surface area (Å²) in [5.74, 6) is 0.0955. The summed E-state index contributed by atoms with van der Waals surface area (Å²) in [6.07, 6.45) is 2.43. The van der Waals surface area contributed by atoms with E-state index in [2.05, 4.69) is 5.32 Å². The standard InChI is InChI=1S/C33H41Cl2N3O5S/c1-5-24(3)36-33(40)31(22-25-11-8-7-9-12-25)37(23-26-14-19-29(34)30(35)21-26)32(39)13-10-20-38(44(4,41)42)27-15-17-28(18-16-27)43-6-2/h7-9,11-12,14-19,21,24,31H,5-6,10,13,20,22-23H2,1-4H3,(H,36,40). The zero-order valence-electron chi connectivity index (χ0n) is 25.6. The Hall–Kier alpha value is -3.27. The van der Waals surface area contributed by atoms with E-state index in [9.17, 15) is 18.0 Å². The van der Waals surface area contributed by atoms with E-state index in [1.165, 1.54) is 4.31 Å². The van der Waals surface area contributed by atoms with Crippen molar-refractivity contribution < 1.29 is 22.7 Å². The van der Waals surface area contributed by atoms with Crippen molar-refractivity contribution in [3.05, 3.63) is 94.0 Å². The lowest BCUT2D eigenvalue weighted by atomic mass is 10.0. The van der Waals surface area contributed by atoms with Crippen LogP contribution in [0.15, 0.2) is 72.8 Å². The van der Waals surface area contributed by atoms with Crippen molar-refractivity contribution in [2.24, 2.45) is 0 Å². The average molecular weight is 663 g/mol. The fraction of sp³-hybridized carbons (Fsp3) is 0.394. The van der Waals surface area contributed by atoms with E-state index in [1.54, 1.807) is 47.4 Å². The minimum Gasteiger partial charge on any atom is -0.494 e. The van der Waals surface area contributed by atoms with Crippen molar-refractivity contribution in [1.29, 1.82) is 0 Å².